The van der Waals surface area contributed by atoms with Crippen LogP contribution in [-0.4, -0.2) is 43.3 Å². The number of anilines is 1. The molecule has 0 amide bonds. The quantitative estimate of drug-likeness (QED) is 0.313. The zero-order valence-electron chi connectivity index (χ0n) is 24.0. The van der Waals surface area contributed by atoms with Crippen LogP contribution in [0, 0.1) is 0 Å². The van der Waals surface area contributed by atoms with E-state index in [4.69, 9.17) is 4.74 Å². The third-order valence-electron chi connectivity index (χ3n) is 8.88. The lowest BCUT2D eigenvalue weighted by Crippen LogP contribution is -2.29. The van der Waals surface area contributed by atoms with Gasteiger partial charge in [0, 0.05) is 31.4 Å². The Balaban J connectivity index is 1.28. The fourth-order valence-corrected chi connectivity index (χ4v) is 6.50. The first-order chi connectivity index (χ1) is 19.1. The number of methoxy groups -OCH3 is 1. The number of nitrogens with zero attached hydrogens (tertiary/aromatic N) is 2. The zero-order valence-corrected chi connectivity index (χ0v) is 24.0. The number of likely N-dealkylation sites (tertiary alicyclic amines) is 1. The monoisotopic (exact) mass is 526 g/mol. The van der Waals surface area contributed by atoms with E-state index in [0.717, 1.165) is 44.5 Å². The predicted octanol–water partition coefficient (Wildman–Crippen LogP) is 7.51. The number of hydrogen-bond donors (Lipinski definition) is 1. The molecule has 1 aliphatic heterocycles. The van der Waals surface area contributed by atoms with Crippen molar-refractivity contribution in [3.8, 4) is 11.5 Å². The first-order valence-corrected chi connectivity index (χ1v) is 15.2. The molecule has 1 N–H and O–H groups in total. The molecule has 4 heteroatoms. The molecule has 3 aromatic rings. The second-order valence-corrected chi connectivity index (χ2v) is 11.5. The molecule has 208 valence electrons. The second-order valence-electron chi connectivity index (χ2n) is 11.5. The first kappa shape index (κ1) is 27.6. The largest absolute Gasteiger partial charge is 0.508 e. The molecular weight excluding hydrogens is 480 g/mol. The lowest BCUT2D eigenvalue weighted by molar-refractivity contribution is 0.250. The van der Waals surface area contributed by atoms with Crippen molar-refractivity contribution in [2.24, 2.45) is 0 Å². The number of aromatic hydroxyl groups is 1. The second kappa shape index (κ2) is 13.4. The lowest BCUT2D eigenvalue weighted by atomic mass is 9.79. The van der Waals surface area contributed by atoms with Crippen molar-refractivity contribution >= 4 is 5.69 Å². The van der Waals surface area contributed by atoms with Crippen molar-refractivity contribution < 1.29 is 9.84 Å². The maximum Gasteiger partial charge on any atom is 0.120 e. The summed E-state index contributed by atoms with van der Waals surface area (Å²) in [7, 11) is 1.75. The smallest absolute Gasteiger partial charge is 0.120 e. The summed E-state index contributed by atoms with van der Waals surface area (Å²) in [6.45, 7) is 7.79. The van der Waals surface area contributed by atoms with Crippen molar-refractivity contribution in [3.63, 3.8) is 0 Å². The summed E-state index contributed by atoms with van der Waals surface area (Å²) in [5.41, 5.74) is 8.13. The summed E-state index contributed by atoms with van der Waals surface area (Å²) in [5.74, 6) is 1.74. The van der Waals surface area contributed by atoms with Gasteiger partial charge >= 0.3 is 0 Å². The van der Waals surface area contributed by atoms with Crippen molar-refractivity contribution in [1.82, 2.24) is 4.90 Å². The van der Waals surface area contributed by atoms with Gasteiger partial charge in [-0.15, -0.1) is 0 Å². The van der Waals surface area contributed by atoms with E-state index < -0.39 is 0 Å². The van der Waals surface area contributed by atoms with Crippen molar-refractivity contribution in [2.75, 3.05) is 38.2 Å². The molecule has 1 fully saturated rings. The van der Waals surface area contributed by atoms with E-state index >= 15 is 0 Å². The van der Waals surface area contributed by atoms with Gasteiger partial charge in [-0.05, 0) is 110 Å². The molecule has 0 bridgehead atoms. The number of phenols is 1. The summed E-state index contributed by atoms with van der Waals surface area (Å²) in [4.78, 5) is 5.17. The molecule has 1 atom stereocenters. The van der Waals surface area contributed by atoms with Crippen molar-refractivity contribution in [3.05, 3.63) is 88.5 Å². The Morgan fingerprint density at radius 3 is 2.36 bits per heavy atom. The molecule has 2 aliphatic rings. The van der Waals surface area contributed by atoms with Gasteiger partial charge in [0.1, 0.15) is 11.5 Å². The molecule has 0 saturated carbocycles. The molecule has 0 radical (unpaired) electrons. The Labute approximate surface area is 235 Å². The minimum absolute atomic E-state index is 0.373. The van der Waals surface area contributed by atoms with Crippen LogP contribution in [0.15, 0.2) is 60.7 Å². The van der Waals surface area contributed by atoms with E-state index in [1.54, 1.807) is 7.11 Å². The van der Waals surface area contributed by atoms with Gasteiger partial charge in [-0.1, -0.05) is 55.7 Å². The lowest BCUT2D eigenvalue weighted by Gasteiger charge is -2.32. The van der Waals surface area contributed by atoms with Crippen LogP contribution in [0.3, 0.4) is 0 Å². The zero-order chi connectivity index (χ0) is 27.0. The summed E-state index contributed by atoms with van der Waals surface area (Å²) in [5, 5.41) is 9.92. The third kappa shape index (κ3) is 7.16. The maximum atomic E-state index is 9.92. The van der Waals surface area contributed by atoms with Crippen LogP contribution in [0.25, 0.3) is 0 Å². The van der Waals surface area contributed by atoms with Gasteiger partial charge in [0.25, 0.3) is 0 Å². The number of ether oxygens (including phenoxy) is 1. The highest BCUT2D eigenvalue weighted by molar-refractivity contribution is 5.60. The van der Waals surface area contributed by atoms with Crippen LogP contribution in [0.2, 0.25) is 0 Å². The molecule has 0 spiro atoms. The van der Waals surface area contributed by atoms with Crippen LogP contribution in [0.4, 0.5) is 5.69 Å². The molecule has 0 unspecified atom stereocenters. The standard InChI is InChI=1S/C35H46N2O2/c1-3-37(26-28-11-9-27(10-12-28)19-22-36-20-7-5-4-6-8-21-36)35-25-33(39-2)17-18-34(35)31-14-13-30-24-32(38)16-15-29(30)23-31/h9-12,15-18,24-25,31,38H,3-8,13-14,19-23,26H2,1-2H3/t31-/m1/s1. The molecule has 39 heavy (non-hydrogen) atoms. The Kier molecular flexibility index (Phi) is 9.47. The van der Waals surface area contributed by atoms with Crippen LogP contribution in [-0.2, 0) is 25.8 Å². The van der Waals surface area contributed by atoms with Gasteiger partial charge in [-0.3, -0.25) is 0 Å². The Morgan fingerprint density at radius 1 is 0.872 bits per heavy atom. The van der Waals surface area contributed by atoms with Gasteiger partial charge in [0.15, 0.2) is 0 Å². The van der Waals surface area contributed by atoms with Crippen molar-refractivity contribution in [2.45, 2.75) is 77.2 Å². The number of rotatable bonds is 9. The number of hydrogen-bond acceptors (Lipinski definition) is 4. The molecule has 1 heterocycles. The predicted molar refractivity (Wildman–Crippen MR) is 162 cm³/mol. The number of aryl methyl sites for hydroxylation is 1. The molecule has 1 aliphatic carbocycles. The molecule has 0 aromatic heterocycles. The summed E-state index contributed by atoms with van der Waals surface area (Å²) in [6, 6.07) is 21.8. The summed E-state index contributed by atoms with van der Waals surface area (Å²) in [6.07, 6.45) is 11.2. The number of phenolic OH excluding ortho intramolecular Hbond substituents is 1. The third-order valence-corrected chi connectivity index (χ3v) is 8.88. The SMILES string of the molecule is CCN(Cc1ccc(CCN2CCCCCCC2)cc1)c1cc(OC)ccc1[C@@H]1CCc2cc(O)ccc2C1. The van der Waals surface area contributed by atoms with E-state index in [1.807, 2.05) is 12.1 Å². The van der Waals surface area contributed by atoms with Gasteiger partial charge < -0.3 is 19.6 Å². The van der Waals surface area contributed by atoms with Crippen LogP contribution >= 0.6 is 0 Å². The van der Waals surface area contributed by atoms with E-state index in [-0.39, 0.29) is 0 Å². The molecule has 3 aromatic carbocycles. The van der Waals surface area contributed by atoms with Gasteiger partial charge in [-0.25, -0.2) is 0 Å². The topological polar surface area (TPSA) is 35.9 Å². The van der Waals surface area contributed by atoms with Crippen LogP contribution in [0.1, 0.15) is 79.2 Å². The molecular formula is C35H46N2O2. The number of fused-ring (bicyclic) bond motifs is 1. The maximum absolute atomic E-state index is 9.92. The first-order valence-electron chi connectivity index (χ1n) is 15.2. The molecule has 5 rings (SSSR count). The highest BCUT2D eigenvalue weighted by atomic mass is 16.5. The van der Waals surface area contributed by atoms with E-state index in [2.05, 4.69) is 65.3 Å². The van der Waals surface area contributed by atoms with Crippen LogP contribution < -0.4 is 9.64 Å². The minimum atomic E-state index is 0.373. The van der Waals surface area contributed by atoms with Gasteiger partial charge in [0.2, 0.25) is 0 Å². The fourth-order valence-electron chi connectivity index (χ4n) is 6.50. The minimum Gasteiger partial charge on any atom is -0.508 e. The number of benzene rings is 3. The van der Waals surface area contributed by atoms with Crippen molar-refractivity contribution in [1.29, 1.82) is 0 Å². The average molecular weight is 527 g/mol. The van der Waals surface area contributed by atoms with E-state index in [1.165, 1.54) is 85.2 Å². The van der Waals surface area contributed by atoms with Gasteiger partial charge in [-0.2, -0.15) is 0 Å². The van der Waals surface area contributed by atoms with E-state index in [9.17, 15) is 5.11 Å². The highest BCUT2D eigenvalue weighted by Gasteiger charge is 2.24. The Bertz CT molecular complexity index is 1200. The average Bonchev–Trinajstić information content (AvgIpc) is 2.95. The fraction of sp³-hybridized carbons (Fsp3) is 0.486. The highest BCUT2D eigenvalue weighted by Crippen LogP contribution is 2.40. The van der Waals surface area contributed by atoms with E-state index in [0.29, 0.717) is 11.7 Å². The summed E-state index contributed by atoms with van der Waals surface area (Å²) >= 11 is 0. The van der Waals surface area contributed by atoms with Gasteiger partial charge in [0.05, 0.1) is 7.11 Å². The Hall–Kier alpha value is -2.98. The molecule has 1 saturated heterocycles. The Morgan fingerprint density at radius 2 is 1.62 bits per heavy atom. The van der Waals surface area contributed by atoms with Crippen LogP contribution in [0.5, 0.6) is 11.5 Å². The summed E-state index contributed by atoms with van der Waals surface area (Å²) < 4.78 is 5.66. The molecule has 4 nitrogen and oxygen atoms in total. The normalized spacial score (nSPS) is 18.2.